The summed E-state index contributed by atoms with van der Waals surface area (Å²) in [5.74, 6) is -2.58. The molecule has 1 amide bonds. The van der Waals surface area contributed by atoms with Gasteiger partial charge >= 0.3 is 0 Å². The van der Waals surface area contributed by atoms with Crippen LogP contribution in [0.15, 0.2) is 88.5 Å². The highest BCUT2D eigenvalue weighted by Gasteiger charge is 2.46. The Balaban J connectivity index is 1.52. The van der Waals surface area contributed by atoms with Crippen LogP contribution in [-0.2, 0) is 4.79 Å². The number of carbonyl (C=O) groups excluding carboxylic acids is 2. The highest BCUT2D eigenvalue weighted by molar-refractivity contribution is 7.22. The number of hydrogen-bond donors (Lipinski definition) is 1. The molecule has 3 heterocycles. The number of ketones is 1. The number of anilines is 1. The fraction of sp³-hybridized carbons (Fsp3) is 0.0385. The first-order valence-electron chi connectivity index (χ1n) is 10.5. The van der Waals surface area contributed by atoms with Crippen LogP contribution >= 0.6 is 22.9 Å². The van der Waals surface area contributed by atoms with Crippen molar-refractivity contribution in [1.29, 1.82) is 0 Å². The second-order valence-electron chi connectivity index (χ2n) is 7.98. The molecular formula is C26H14ClFN2O4S. The largest absolute Gasteiger partial charge is 0.503 e. The molecule has 1 unspecified atom stereocenters. The van der Waals surface area contributed by atoms with E-state index in [-0.39, 0.29) is 16.5 Å². The first-order chi connectivity index (χ1) is 16.9. The summed E-state index contributed by atoms with van der Waals surface area (Å²) in [6.07, 6.45) is 0. The molecule has 3 aromatic carbocycles. The van der Waals surface area contributed by atoms with E-state index in [0.29, 0.717) is 31.8 Å². The molecule has 6 nitrogen and oxygen atoms in total. The Morgan fingerprint density at radius 1 is 1.09 bits per heavy atom. The number of furan rings is 1. The fourth-order valence-corrected chi connectivity index (χ4v) is 5.46. The van der Waals surface area contributed by atoms with Crippen LogP contribution in [0.25, 0.3) is 21.2 Å². The minimum Gasteiger partial charge on any atom is -0.503 e. The maximum absolute atomic E-state index is 13.8. The topological polar surface area (TPSA) is 83.6 Å². The zero-order valence-electron chi connectivity index (χ0n) is 17.7. The van der Waals surface area contributed by atoms with Crippen molar-refractivity contribution in [2.75, 3.05) is 4.90 Å². The van der Waals surface area contributed by atoms with Gasteiger partial charge in [0, 0.05) is 10.4 Å². The molecule has 5 aromatic rings. The number of nitrogens with zero attached hydrogens (tertiary/aromatic N) is 2. The standard InChI is InChI=1S/C26H14ClFN2O4S/c27-15-6-3-5-14(10-15)22-21(23(31)19-11-13-4-1-2-7-18(13)34-19)24(32)25(33)30(22)26-29-17-9-8-16(28)12-20(17)35-26/h1-12,22,32H. The summed E-state index contributed by atoms with van der Waals surface area (Å²) < 4.78 is 20.0. The number of fused-ring (bicyclic) bond motifs is 2. The number of hydrogen-bond acceptors (Lipinski definition) is 6. The van der Waals surface area contributed by atoms with Crippen LogP contribution in [0.4, 0.5) is 9.52 Å². The first kappa shape index (κ1) is 21.5. The fourth-order valence-electron chi connectivity index (χ4n) is 4.24. The number of thiazole rings is 1. The van der Waals surface area contributed by atoms with Crippen LogP contribution in [0.3, 0.4) is 0 Å². The number of carbonyl (C=O) groups is 2. The Morgan fingerprint density at radius 3 is 2.71 bits per heavy atom. The van der Waals surface area contributed by atoms with Crippen LogP contribution in [-0.4, -0.2) is 21.8 Å². The van der Waals surface area contributed by atoms with E-state index >= 15 is 0 Å². The van der Waals surface area contributed by atoms with E-state index in [2.05, 4.69) is 4.98 Å². The molecule has 9 heteroatoms. The molecule has 1 N–H and O–H groups in total. The van der Waals surface area contributed by atoms with E-state index in [9.17, 15) is 19.1 Å². The maximum atomic E-state index is 13.8. The predicted molar refractivity (Wildman–Crippen MR) is 131 cm³/mol. The molecular weight excluding hydrogens is 491 g/mol. The summed E-state index contributed by atoms with van der Waals surface area (Å²) in [6.45, 7) is 0. The average molecular weight is 505 g/mol. The predicted octanol–water partition coefficient (Wildman–Crippen LogP) is 6.62. The van der Waals surface area contributed by atoms with Crippen molar-refractivity contribution in [3.63, 3.8) is 0 Å². The van der Waals surface area contributed by atoms with Crippen molar-refractivity contribution in [2.45, 2.75) is 6.04 Å². The number of aliphatic hydroxyl groups excluding tert-OH is 1. The number of para-hydroxylation sites is 1. The lowest BCUT2D eigenvalue weighted by atomic mass is 9.95. The second kappa shape index (κ2) is 8.04. The number of benzene rings is 3. The Labute approximate surface area is 206 Å². The van der Waals surface area contributed by atoms with E-state index in [1.807, 2.05) is 6.07 Å². The van der Waals surface area contributed by atoms with Gasteiger partial charge in [0.25, 0.3) is 5.91 Å². The van der Waals surface area contributed by atoms with Crippen molar-refractivity contribution < 1.29 is 23.5 Å². The van der Waals surface area contributed by atoms with Crippen molar-refractivity contribution in [3.8, 4) is 0 Å². The third kappa shape index (κ3) is 3.50. The third-order valence-corrected chi connectivity index (χ3v) is 7.06. The molecule has 0 bridgehead atoms. The molecule has 0 aliphatic carbocycles. The van der Waals surface area contributed by atoms with Gasteiger partial charge in [-0.05, 0) is 48.0 Å². The van der Waals surface area contributed by atoms with Crippen LogP contribution < -0.4 is 4.90 Å². The van der Waals surface area contributed by atoms with E-state index < -0.39 is 29.3 Å². The number of amides is 1. The highest BCUT2D eigenvalue weighted by atomic mass is 35.5. The van der Waals surface area contributed by atoms with Crippen LogP contribution in [0.1, 0.15) is 22.2 Å². The van der Waals surface area contributed by atoms with E-state index in [1.165, 1.54) is 23.1 Å². The second-order valence-corrected chi connectivity index (χ2v) is 9.43. The summed E-state index contributed by atoms with van der Waals surface area (Å²) in [4.78, 5) is 32.7. The molecule has 6 rings (SSSR count). The molecule has 0 fully saturated rings. The molecule has 1 aliphatic heterocycles. The molecule has 0 saturated heterocycles. The lowest BCUT2D eigenvalue weighted by Gasteiger charge is -2.24. The van der Waals surface area contributed by atoms with Gasteiger partial charge in [0.05, 0.1) is 21.8 Å². The Bertz CT molecular complexity index is 1670. The molecule has 1 atom stereocenters. The van der Waals surface area contributed by atoms with Gasteiger partial charge in [-0.2, -0.15) is 0 Å². The third-order valence-electron chi connectivity index (χ3n) is 5.81. The lowest BCUT2D eigenvalue weighted by Crippen LogP contribution is -2.30. The zero-order valence-corrected chi connectivity index (χ0v) is 19.3. The van der Waals surface area contributed by atoms with Crippen molar-refractivity contribution in [2.24, 2.45) is 0 Å². The van der Waals surface area contributed by atoms with Gasteiger partial charge < -0.3 is 9.52 Å². The Morgan fingerprint density at radius 2 is 1.91 bits per heavy atom. The average Bonchev–Trinajstić information content (AvgIpc) is 3.52. The number of Topliss-reactive ketones (excluding diaryl/α,β-unsaturated/α-hetero) is 1. The molecule has 1 aliphatic rings. The lowest BCUT2D eigenvalue weighted by molar-refractivity contribution is -0.117. The summed E-state index contributed by atoms with van der Waals surface area (Å²) in [5, 5.41) is 12.2. The van der Waals surface area contributed by atoms with Crippen LogP contribution in [0.5, 0.6) is 0 Å². The van der Waals surface area contributed by atoms with E-state index in [1.54, 1.807) is 48.5 Å². The van der Waals surface area contributed by atoms with Crippen molar-refractivity contribution in [1.82, 2.24) is 4.98 Å². The number of aromatic nitrogens is 1. The number of rotatable bonds is 4. The molecule has 0 spiro atoms. The number of halogens is 2. The SMILES string of the molecule is O=C(C1=C(O)C(=O)N(c2nc3ccc(F)cc3s2)C1c1cccc(Cl)c1)c1cc2ccccc2o1. The summed E-state index contributed by atoms with van der Waals surface area (Å²) >= 11 is 7.31. The van der Waals surface area contributed by atoms with Gasteiger partial charge in [-0.3, -0.25) is 14.5 Å². The van der Waals surface area contributed by atoms with Crippen LogP contribution in [0, 0.1) is 5.82 Å². The maximum Gasteiger partial charge on any atom is 0.296 e. The van der Waals surface area contributed by atoms with Gasteiger partial charge in [-0.15, -0.1) is 0 Å². The monoisotopic (exact) mass is 504 g/mol. The number of aliphatic hydroxyl groups is 1. The summed E-state index contributed by atoms with van der Waals surface area (Å²) in [6, 6.07) is 18.4. The van der Waals surface area contributed by atoms with Gasteiger partial charge in [-0.25, -0.2) is 9.37 Å². The van der Waals surface area contributed by atoms with Crippen molar-refractivity contribution >= 4 is 60.9 Å². The summed E-state index contributed by atoms with van der Waals surface area (Å²) in [7, 11) is 0. The van der Waals surface area contributed by atoms with Crippen LogP contribution in [0.2, 0.25) is 5.02 Å². The van der Waals surface area contributed by atoms with Gasteiger partial charge in [0.2, 0.25) is 5.78 Å². The van der Waals surface area contributed by atoms with Gasteiger partial charge in [0.15, 0.2) is 16.7 Å². The zero-order chi connectivity index (χ0) is 24.3. The Kier molecular flexibility index (Phi) is 4.94. The molecule has 35 heavy (non-hydrogen) atoms. The molecule has 0 saturated carbocycles. The molecule has 0 radical (unpaired) electrons. The quantitative estimate of drug-likeness (QED) is 0.278. The van der Waals surface area contributed by atoms with Gasteiger partial charge in [0.1, 0.15) is 11.4 Å². The van der Waals surface area contributed by atoms with E-state index in [4.69, 9.17) is 16.0 Å². The van der Waals surface area contributed by atoms with Crippen molar-refractivity contribution in [3.05, 3.63) is 106 Å². The van der Waals surface area contributed by atoms with Gasteiger partial charge in [-0.1, -0.05) is 53.3 Å². The van der Waals surface area contributed by atoms with E-state index in [0.717, 1.165) is 11.3 Å². The highest BCUT2D eigenvalue weighted by Crippen LogP contribution is 2.44. The molecule has 2 aromatic heterocycles. The first-order valence-corrected chi connectivity index (χ1v) is 11.7. The minimum absolute atomic E-state index is 0.0131. The summed E-state index contributed by atoms with van der Waals surface area (Å²) in [5.41, 5.74) is 1.34. The normalized spacial score (nSPS) is 16.1. The smallest absolute Gasteiger partial charge is 0.296 e. The molecule has 172 valence electrons. The Hall–Kier alpha value is -4.01. The minimum atomic E-state index is -1.02.